The van der Waals surface area contributed by atoms with Gasteiger partial charge in [-0.05, 0) is 12.5 Å². The fraction of sp³-hybridized carbons (Fsp3) is 0.250. The molecule has 0 saturated carbocycles. The predicted octanol–water partition coefficient (Wildman–Crippen LogP) is 3.11. The van der Waals surface area contributed by atoms with Gasteiger partial charge in [0.05, 0.1) is 6.20 Å². The van der Waals surface area contributed by atoms with Gasteiger partial charge in [0, 0.05) is 35.9 Å². The van der Waals surface area contributed by atoms with Gasteiger partial charge in [0.1, 0.15) is 6.10 Å². The molecule has 1 fully saturated rings. The molecule has 0 aliphatic carbocycles. The minimum atomic E-state index is -0.297. The second-order valence-electron chi connectivity index (χ2n) is 4.87. The Morgan fingerprint density at radius 2 is 2.25 bits per heavy atom. The second kappa shape index (κ2) is 4.96. The first-order valence-corrected chi connectivity index (χ1v) is 6.69. The van der Waals surface area contributed by atoms with Gasteiger partial charge >= 0.3 is 5.97 Å². The van der Waals surface area contributed by atoms with Crippen LogP contribution in [-0.2, 0) is 16.1 Å². The number of benzene rings is 1. The van der Waals surface area contributed by atoms with Crippen LogP contribution in [0.25, 0.3) is 11.1 Å². The molecule has 0 bridgehead atoms. The Morgan fingerprint density at radius 1 is 1.45 bits per heavy atom. The van der Waals surface area contributed by atoms with E-state index in [1.165, 1.54) is 0 Å². The van der Waals surface area contributed by atoms with Crippen molar-refractivity contribution in [1.82, 2.24) is 9.78 Å². The first-order valence-electron chi connectivity index (χ1n) is 6.69. The summed E-state index contributed by atoms with van der Waals surface area (Å²) >= 11 is 0. The molecule has 0 radical (unpaired) electrons. The lowest BCUT2D eigenvalue weighted by Gasteiger charge is -2.13. The van der Waals surface area contributed by atoms with Crippen molar-refractivity contribution in [3.63, 3.8) is 0 Å². The summed E-state index contributed by atoms with van der Waals surface area (Å²) in [6, 6.07) is 7.96. The lowest BCUT2D eigenvalue weighted by Crippen LogP contribution is -2.00. The van der Waals surface area contributed by atoms with E-state index in [1.54, 1.807) is 0 Å². The Labute approximate surface area is 117 Å². The molecule has 4 nitrogen and oxygen atoms in total. The van der Waals surface area contributed by atoms with E-state index >= 15 is 0 Å². The molecule has 3 rings (SSSR count). The first kappa shape index (κ1) is 12.7. The second-order valence-corrected chi connectivity index (χ2v) is 4.87. The van der Waals surface area contributed by atoms with E-state index in [0.29, 0.717) is 12.0 Å². The van der Waals surface area contributed by atoms with Gasteiger partial charge in [0.2, 0.25) is 0 Å². The topological polar surface area (TPSA) is 44.1 Å². The quantitative estimate of drug-likeness (QED) is 0.634. The third-order valence-corrected chi connectivity index (χ3v) is 3.55. The number of nitrogens with zero attached hydrogens (tertiary/aromatic N) is 2. The molecule has 1 atom stereocenters. The van der Waals surface area contributed by atoms with Crippen molar-refractivity contribution in [3.8, 4) is 11.1 Å². The van der Waals surface area contributed by atoms with Crippen LogP contribution in [0.5, 0.6) is 0 Å². The third kappa shape index (κ3) is 2.13. The fourth-order valence-electron chi connectivity index (χ4n) is 2.45. The highest BCUT2D eigenvalue weighted by molar-refractivity contribution is 5.90. The van der Waals surface area contributed by atoms with Gasteiger partial charge in [0.15, 0.2) is 0 Å². The van der Waals surface area contributed by atoms with Crippen LogP contribution in [0.4, 0.5) is 0 Å². The number of aromatic nitrogens is 2. The number of esters is 1. The smallest absolute Gasteiger partial charge is 0.334 e. The molecule has 102 valence electrons. The van der Waals surface area contributed by atoms with Gasteiger partial charge in [-0.2, -0.15) is 5.10 Å². The molecule has 1 aliphatic heterocycles. The molecule has 1 aromatic carbocycles. The van der Waals surface area contributed by atoms with Gasteiger partial charge in [0.25, 0.3) is 0 Å². The molecule has 4 heteroatoms. The van der Waals surface area contributed by atoms with Gasteiger partial charge in [-0.3, -0.25) is 4.68 Å². The molecule has 0 spiro atoms. The van der Waals surface area contributed by atoms with Crippen LogP contribution in [0.15, 0.2) is 48.8 Å². The number of ether oxygens (including phenoxy) is 1. The van der Waals surface area contributed by atoms with Crippen molar-refractivity contribution < 1.29 is 9.53 Å². The van der Waals surface area contributed by atoms with Crippen LogP contribution >= 0.6 is 0 Å². The van der Waals surface area contributed by atoms with Crippen LogP contribution in [-0.4, -0.2) is 15.7 Å². The van der Waals surface area contributed by atoms with Crippen LogP contribution in [0.3, 0.4) is 0 Å². The Bertz CT molecular complexity index is 657. The fourth-order valence-corrected chi connectivity index (χ4v) is 2.45. The monoisotopic (exact) mass is 268 g/mol. The van der Waals surface area contributed by atoms with Crippen molar-refractivity contribution in [3.05, 3.63) is 54.4 Å². The van der Waals surface area contributed by atoms with Crippen LogP contribution < -0.4 is 0 Å². The van der Waals surface area contributed by atoms with Crippen molar-refractivity contribution >= 4 is 5.97 Å². The Morgan fingerprint density at radius 3 is 2.90 bits per heavy atom. The average Bonchev–Trinajstić information content (AvgIpc) is 3.06. The summed E-state index contributed by atoms with van der Waals surface area (Å²) in [4.78, 5) is 11.5. The van der Waals surface area contributed by atoms with E-state index in [0.717, 1.165) is 23.2 Å². The molecule has 0 N–H and O–H groups in total. The third-order valence-electron chi connectivity index (χ3n) is 3.55. The highest BCUT2D eigenvalue weighted by atomic mass is 16.5. The summed E-state index contributed by atoms with van der Waals surface area (Å²) < 4.78 is 7.27. The molecular weight excluding hydrogens is 252 g/mol. The van der Waals surface area contributed by atoms with Crippen molar-refractivity contribution in [2.24, 2.45) is 0 Å². The number of carbonyl (C=O) groups is 1. The summed E-state index contributed by atoms with van der Waals surface area (Å²) in [7, 11) is 0. The number of rotatable bonds is 3. The Hall–Kier alpha value is -2.36. The summed E-state index contributed by atoms with van der Waals surface area (Å²) in [5.41, 5.74) is 3.64. The van der Waals surface area contributed by atoms with E-state index in [4.69, 9.17) is 4.74 Å². The van der Waals surface area contributed by atoms with E-state index in [-0.39, 0.29) is 12.1 Å². The molecule has 0 amide bonds. The van der Waals surface area contributed by atoms with Crippen LogP contribution in [0.2, 0.25) is 0 Å². The number of hydrogen-bond acceptors (Lipinski definition) is 3. The van der Waals surface area contributed by atoms with E-state index in [1.807, 2.05) is 48.3 Å². The standard InChI is InChI=1S/C16H16N2O2/c1-3-18-10-12(9-17-18)13-6-4-5-7-14(13)15-8-11(2)16(19)20-15/h4-7,9-10,15H,2-3,8H2,1H3. The molecular formula is C16H16N2O2. The first-order chi connectivity index (χ1) is 9.69. The van der Waals surface area contributed by atoms with Crippen molar-refractivity contribution in [2.75, 3.05) is 0 Å². The summed E-state index contributed by atoms with van der Waals surface area (Å²) in [6.45, 7) is 6.62. The minimum Gasteiger partial charge on any atom is -0.454 e. The normalized spacial score (nSPS) is 18.4. The van der Waals surface area contributed by atoms with E-state index < -0.39 is 0 Å². The van der Waals surface area contributed by atoms with E-state index in [9.17, 15) is 4.79 Å². The molecule has 2 aromatic rings. The highest BCUT2D eigenvalue weighted by Crippen LogP contribution is 2.37. The van der Waals surface area contributed by atoms with Gasteiger partial charge < -0.3 is 4.74 Å². The zero-order chi connectivity index (χ0) is 14.1. The molecule has 1 unspecified atom stereocenters. The minimum absolute atomic E-state index is 0.240. The molecule has 20 heavy (non-hydrogen) atoms. The highest BCUT2D eigenvalue weighted by Gasteiger charge is 2.30. The molecule has 1 aliphatic rings. The number of cyclic esters (lactones) is 1. The number of hydrogen-bond donors (Lipinski definition) is 0. The maximum Gasteiger partial charge on any atom is 0.334 e. The van der Waals surface area contributed by atoms with Crippen molar-refractivity contribution in [2.45, 2.75) is 26.0 Å². The predicted molar refractivity (Wildman–Crippen MR) is 75.9 cm³/mol. The average molecular weight is 268 g/mol. The van der Waals surface area contributed by atoms with Gasteiger partial charge in [-0.25, -0.2) is 4.79 Å². The van der Waals surface area contributed by atoms with Crippen LogP contribution in [0.1, 0.15) is 25.0 Å². The summed E-state index contributed by atoms with van der Waals surface area (Å²) in [5.74, 6) is -0.297. The zero-order valence-corrected chi connectivity index (χ0v) is 11.4. The van der Waals surface area contributed by atoms with Gasteiger partial charge in [-0.1, -0.05) is 30.8 Å². The van der Waals surface area contributed by atoms with E-state index in [2.05, 4.69) is 11.7 Å². The molecule has 1 aromatic heterocycles. The summed E-state index contributed by atoms with van der Waals surface area (Å²) in [5, 5.41) is 4.30. The molecule has 2 heterocycles. The summed E-state index contributed by atoms with van der Waals surface area (Å²) in [6.07, 6.45) is 4.16. The zero-order valence-electron chi connectivity index (χ0n) is 11.4. The SMILES string of the molecule is C=C1CC(c2ccccc2-c2cnn(CC)c2)OC1=O. The van der Waals surface area contributed by atoms with Gasteiger partial charge in [-0.15, -0.1) is 0 Å². The Balaban J connectivity index is 2.00. The lowest BCUT2D eigenvalue weighted by atomic mass is 9.96. The number of aryl methyl sites for hydroxylation is 1. The Kier molecular flexibility index (Phi) is 3.14. The molecule has 1 saturated heterocycles. The maximum absolute atomic E-state index is 11.5. The largest absolute Gasteiger partial charge is 0.454 e. The lowest BCUT2D eigenvalue weighted by molar-refractivity contribution is -0.139. The number of carbonyl (C=O) groups excluding carboxylic acids is 1. The maximum atomic E-state index is 11.5. The van der Waals surface area contributed by atoms with Crippen LogP contribution in [0, 0.1) is 0 Å². The van der Waals surface area contributed by atoms with Crippen molar-refractivity contribution in [1.29, 1.82) is 0 Å².